The lowest BCUT2D eigenvalue weighted by molar-refractivity contribution is -0.121. The molecule has 1 saturated heterocycles. The first-order chi connectivity index (χ1) is 9.60. The fourth-order valence-corrected chi connectivity index (χ4v) is 2.82. The number of anilines is 1. The van der Waals surface area contributed by atoms with Crippen molar-refractivity contribution in [1.82, 2.24) is 5.32 Å². The van der Waals surface area contributed by atoms with Crippen LogP contribution < -0.4 is 10.2 Å². The predicted octanol–water partition coefficient (Wildman–Crippen LogP) is 3.51. The van der Waals surface area contributed by atoms with Crippen LogP contribution in [0, 0.1) is 5.92 Å². The molecule has 2 rings (SSSR count). The first-order valence-corrected chi connectivity index (χ1v) is 7.74. The number of hydrogen-bond donors (Lipinski definition) is 1. The van der Waals surface area contributed by atoms with Crippen LogP contribution in [-0.4, -0.2) is 19.0 Å². The van der Waals surface area contributed by atoms with Gasteiger partial charge in [0.05, 0.1) is 6.04 Å². The van der Waals surface area contributed by atoms with Crippen LogP contribution in [0.25, 0.3) is 0 Å². The number of piperidine rings is 1. The van der Waals surface area contributed by atoms with Crippen molar-refractivity contribution in [2.24, 2.45) is 5.92 Å². The molecule has 1 heterocycles. The zero-order chi connectivity index (χ0) is 14.5. The van der Waals surface area contributed by atoms with Gasteiger partial charge in [0.1, 0.15) is 0 Å². The molecular formula is C17H26N2O. The maximum atomic E-state index is 11.4. The van der Waals surface area contributed by atoms with Crippen molar-refractivity contribution in [2.45, 2.75) is 46.1 Å². The van der Waals surface area contributed by atoms with E-state index in [1.165, 1.54) is 24.1 Å². The number of nitrogens with zero attached hydrogens (tertiary/aromatic N) is 1. The molecule has 1 aliphatic rings. The van der Waals surface area contributed by atoms with Gasteiger partial charge in [-0.3, -0.25) is 4.79 Å². The standard InChI is InChI=1S/C17H26N2O/c1-4-17(20)18-14(3)15-7-9-16(10-8-15)19-11-5-6-13(2)12-19/h7-10,13-14H,4-6,11-12H2,1-3H3,(H,18,20)/t13-,14-/m1/s1. The third kappa shape index (κ3) is 3.75. The number of amides is 1. The Balaban J connectivity index is 2.00. The highest BCUT2D eigenvalue weighted by molar-refractivity contribution is 5.76. The third-order valence-electron chi connectivity index (χ3n) is 4.11. The van der Waals surface area contributed by atoms with Crippen molar-refractivity contribution in [3.8, 4) is 0 Å². The van der Waals surface area contributed by atoms with Crippen molar-refractivity contribution >= 4 is 11.6 Å². The molecule has 2 atom stereocenters. The van der Waals surface area contributed by atoms with Gasteiger partial charge in [-0.15, -0.1) is 0 Å². The van der Waals surface area contributed by atoms with Gasteiger partial charge in [-0.2, -0.15) is 0 Å². The molecule has 20 heavy (non-hydrogen) atoms. The molecule has 3 nitrogen and oxygen atoms in total. The summed E-state index contributed by atoms with van der Waals surface area (Å²) in [5.74, 6) is 0.887. The molecule has 1 aromatic rings. The van der Waals surface area contributed by atoms with E-state index in [0.717, 1.165) is 19.0 Å². The maximum Gasteiger partial charge on any atom is 0.220 e. The zero-order valence-corrected chi connectivity index (χ0v) is 12.9. The minimum Gasteiger partial charge on any atom is -0.371 e. The van der Waals surface area contributed by atoms with Crippen LogP contribution >= 0.6 is 0 Å². The quantitative estimate of drug-likeness (QED) is 0.911. The number of nitrogens with one attached hydrogen (secondary N) is 1. The second-order valence-corrected chi connectivity index (χ2v) is 5.93. The van der Waals surface area contributed by atoms with Crippen LogP contribution in [0.3, 0.4) is 0 Å². The Bertz CT molecular complexity index is 441. The summed E-state index contributed by atoms with van der Waals surface area (Å²) >= 11 is 0. The Morgan fingerprint density at radius 1 is 1.40 bits per heavy atom. The summed E-state index contributed by atoms with van der Waals surface area (Å²) in [5, 5.41) is 3.00. The zero-order valence-electron chi connectivity index (χ0n) is 12.9. The van der Waals surface area contributed by atoms with Crippen LogP contribution in [-0.2, 0) is 4.79 Å². The van der Waals surface area contributed by atoms with E-state index in [0.29, 0.717) is 6.42 Å². The fraction of sp³-hybridized carbons (Fsp3) is 0.588. The summed E-state index contributed by atoms with van der Waals surface area (Å²) in [4.78, 5) is 13.9. The number of benzene rings is 1. The Morgan fingerprint density at radius 3 is 2.70 bits per heavy atom. The Labute approximate surface area is 122 Å². The lowest BCUT2D eigenvalue weighted by Gasteiger charge is -2.33. The van der Waals surface area contributed by atoms with E-state index in [9.17, 15) is 4.79 Å². The molecule has 0 saturated carbocycles. The van der Waals surface area contributed by atoms with Crippen molar-refractivity contribution in [3.05, 3.63) is 29.8 Å². The first-order valence-electron chi connectivity index (χ1n) is 7.74. The van der Waals surface area contributed by atoms with Crippen molar-refractivity contribution < 1.29 is 4.79 Å². The molecule has 3 heteroatoms. The molecule has 110 valence electrons. The van der Waals surface area contributed by atoms with E-state index in [-0.39, 0.29) is 11.9 Å². The lowest BCUT2D eigenvalue weighted by Crippen LogP contribution is -2.34. The van der Waals surface area contributed by atoms with Gasteiger partial charge in [0.2, 0.25) is 5.91 Å². The summed E-state index contributed by atoms with van der Waals surface area (Å²) in [5.41, 5.74) is 2.47. The summed E-state index contributed by atoms with van der Waals surface area (Å²) < 4.78 is 0. The molecule has 0 bridgehead atoms. The lowest BCUT2D eigenvalue weighted by atomic mass is 9.99. The predicted molar refractivity (Wildman–Crippen MR) is 83.9 cm³/mol. The molecule has 0 spiro atoms. The molecule has 0 aliphatic carbocycles. The van der Waals surface area contributed by atoms with E-state index in [2.05, 4.69) is 41.4 Å². The van der Waals surface area contributed by atoms with Gasteiger partial charge >= 0.3 is 0 Å². The second-order valence-electron chi connectivity index (χ2n) is 5.93. The van der Waals surface area contributed by atoms with Crippen LogP contribution in [0.5, 0.6) is 0 Å². The van der Waals surface area contributed by atoms with E-state index in [4.69, 9.17) is 0 Å². The highest BCUT2D eigenvalue weighted by Gasteiger charge is 2.16. The molecular weight excluding hydrogens is 248 g/mol. The monoisotopic (exact) mass is 274 g/mol. The van der Waals surface area contributed by atoms with E-state index in [1.807, 2.05) is 13.8 Å². The third-order valence-corrected chi connectivity index (χ3v) is 4.11. The van der Waals surface area contributed by atoms with Gasteiger partial charge in [0.25, 0.3) is 0 Å². The van der Waals surface area contributed by atoms with Gasteiger partial charge in [0, 0.05) is 25.2 Å². The molecule has 1 aliphatic heterocycles. The van der Waals surface area contributed by atoms with E-state index in [1.54, 1.807) is 0 Å². The number of rotatable bonds is 4. The maximum absolute atomic E-state index is 11.4. The van der Waals surface area contributed by atoms with E-state index < -0.39 is 0 Å². The highest BCUT2D eigenvalue weighted by atomic mass is 16.1. The van der Waals surface area contributed by atoms with Crippen LogP contribution in [0.1, 0.15) is 51.6 Å². The largest absolute Gasteiger partial charge is 0.371 e. The number of hydrogen-bond acceptors (Lipinski definition) is 2. The smallest absolute Gasteiger partial charge is 0.220 e. The Hall–Kier alpha value is -1.51. The van der Waals surface area contributed by atoms with Crippen molar-refractivity contribution in [1.29, 1.82) is 0 Å². The number of carbonyl (C=O) groups is 1. The summed E-state index contributed by atoms with van der Waals surface area (Å²) in [6, 6.07) is 8.71. The summed E-state index contributed by atoms with van der Waals surface area (Å²) in [7, 11) is 0. The van der Waals surface area contributed by atoms with E-state index >= 15 is 0 Å². The molecule has 0 aromatic heterocycles. The number of carbonyl (C=O) groups excluding carboxylic acids is 1. The molecule has 1 fully saturated rings. The second kappa shape index (κ2) is 6.78. The summed E-state index contributed by atoms with van der Waals surface area (Å²) in [6.07, 6.45) is 3.16. The average molecular weight is 274 g/mol. The summed E-state index contributed by atoms with van der Waals surface area (Å²) in [6.45, 7) is 8.55. The topological polar surface area (TPSA) is 32.3 Å². The van der Waals surface area contributed by atoms with Gasteiger partial charge in [-0.1, -0.05) is 26.0 Å². The fourth-order valence-electron chi connectivity index (χ4n) is 2.82. The highest BCUT2D eigenvalue weighted by Crippen LogP contribution is 2.24. The van der Waals surface area contributed by atoms with Crippen molar-refractivity contribution in [3.63, 3.8) is 0 Å². The average Bonchev–Trinajstić information content (AvgIpc) is 2.47. The van der Waals surface area contributed by atoms with Gasteiger partial charge < -0.3 is 10.2 Å². The molecule has 0 unspecified atom stereocenters. The Kier molecular flexibility index (Phi) is 5.05. The molecule has 1 amide bonds. The van der Waals surface area contributed by atoms with Gasteiger partial charge in [-0.05, 0) is 43.4 Å². The first kappa shape index (κ1) is 14.9. The van der Waals surface area contributed by atoms with Crippen LogP contribution in [0.15, 0.2) is 24.3 Å². The van der Waals surface area contributed by atoms with Crippen molar-refractivity contribution in [2.75, 3.05) is 18.0 Å². The van der Waals surface area contributed by atoms with Gasteiger partial charge in [-0.25, -0.2) is 0 Å². The molecule has 0 radical (unpaired) electrons. The minimum atomic E-state index is 0.0804. The SMILES string of the molecule is CCC(=O)N[C@H](C)c1ccc(N2CCC[C@@H](C)C2)cc1. The van der Waals surface area contributed by atoms with Crippen LogP contribution in [0.4, 0.5) is 5.69 Å². The Morgan fingerprint density at radius 2 is 2.10 bits per heavy atom. The minimum absolute atomic E-state index is 0.0804. The normalized spacial score (nSPS) is 20.6. The molecule has 1 aromatic carbocycles. The molecule has 1 N–H and O–H groups in total. The van der Waals surface area contributed by atoms with Gasteiger partial charge in [0.15, 0.2) is 0 Å². The van der Waals surface area contributed by atoms with Crippen LogP contribution in [0.2, 0.25) is 0 Å².